The Morgan fingerprint density at radius 1 is 1.56 bits per heavy atom. The quantitative estimate of drug-likeness (QED) is 0.656. The molecule has 0 unspecified atom stereocenters. The third kappa shape index (κ3) is 3.59. The van der Waals surface area contributed by atoms with Crippen molar-refractivity contribution in [3.63, 3.8) is 0 Å². The molecular formula is C9H8BrFN2O4S. The molecule has 1 N–H and O–H groups in total. The van der Waals surface area contributed by atoms with E-state index < -0.39 is 31.3 Å². The molecule has 0 aliphatic rings. The van der Waals surface area contributed by atoms with Crippen LogP contribution in [0.15, 0.2) is 34.2 Å². The normalized spacial score (nSPS) is 11.2. The van der Waals surface area contributed by atoms with Crippen LogP contribution in [0, 0.1) is 15.9 Å². The molecule has 0 amide bonds. The average molecular weight is 339 g/mol. The van der Waals surface area contributed by atoms with Crippen LogP contribution in [-0.4, -0.2) is 19.9 Å². The number of halogens is 2. The summed E-state index contributed by atoms with van der Waals surface area (Å²) in [6.07, 6.45) is 0. The monoisotopic (exact) mass is 338 g/mol. The van der Waals surface area contributed by atoms with Crippen molar-refractivity contribution in [2.24, 2.45) is 0 Å². The first kappa shape index (κ1) is 14.7. The Hall–Kier alpha value is -1.32. The molecule has 1 aromatic carbocycles. The molecule has 0 aliphatic carbocycles. The van der Waals surface area contributed by atoms with Gasteiger partial charge in [0.1, 0.15) is 10.7 Å². The van der Waals surface area contributed by atoms with Gasteiger partial charge in [-0.3, -0.25) is 10.1 Å². The van der Waals surface area contributed by atoms with Gasteiger partial charge in [-0.15, -0.1) is 0 Å². The summed E-state index contributed by atoms with van der Waals surface area (Å²) < 4.78 is 39.2. The molecule has 0 aliphatic heterocycles. The van der Waals surface area contributed by atoms with Crippen LogP contribution in [0.25, 0.3) is 0 Å². The minimum absolute atomic E-state index is 0.112. The lowest BCUT2D eigenvalue weighted by Gasteiger charge is -2.06. The van der Waals surface area contributed by atoms with Crippen LogP contribution in [0.4, 0.5) is 10.1 Å². The van der Waals surface area contributed by atoms with Gasteiger partial charge in [0.15, 0.2) is 0 Å². The number of sulfonamides is 1. The molecule has 0 saturated carbocycles. The Bertz CT molecular complexity index is 603. The Kier molecular flexibility index (Phi) is 4.54. The fourth-order valence-corrected chi connectivity index (χ4v) is 2.48. The summed E-state index contributed by atoms with van der Waals surface area (Å²) in [5.41, 5.74) is -0.517. The summed E-state index contributed by atoms with van der Waals surface area (Å²) in [6, 6.07) is 2.31. The molecule has 0 atom stereocenters. The van der Waals surface area contributed by atoms with E-state index in [2.05, 4.69) is 27.2 Å². The third-order valence-electron chi connectivity index (χ3n) is 1.87. The highest BCUT2D eigenvalue weighted by atomic mass is 79.9. The molecule has 98 valence electrons. The van der Waals surface area contributed by atoms with Crippen molar-refractivity contribution >= 4 is 31.6 Å². The highest BCUT2D eigenvalue weighted by molar-refractivity contribution is 9.11. The Morgan fingerprint density at radius 3 is 2.61 bits per heavy atom. The first-order valence-electron chi connectivity index (χ1n) is 4.51. The van der Waals surface area contributed by atoms with Crippen molar-refractivity contribution in [3.05, 3.63) is 45.2 Å². The molecule has 0 aromatic heterocycles. The number of benzene rings is 1. The van der Waals surface area contributed by atoms with Crippen molar-refractivity contribution in [1.82, 2.24) is 4.72 Å². The summed E-state index contributed by atoms with van der Waals surface area (Å²) in [4.78, 5) is 8.92. The molecule has 0 fully saturated rings. The van der Waals surface area contributed by atoms with Gasteiger partial charge in [0.25, 0.3) is 5.69 Å². The van der Waals surface area contributed by atoms with E-state index in [1.54, 1.807) is 0 Å². The number of hydrogen-bond donors (Lipinski definition) is 1. The van der Waals surface area contributed by atoms with Crippen LogP contribution in [-0.2, 0) is 10.0 Å². The van der Waals surface area contributed by atoms with E-state index in [0.717, 1.165) is 12.1 Å². The lowest BCUT2D eigenvalue weighted by Crippen LogP contribution is -2.25. The van der Waals surface area contributed by atoms with Crippen molar-refractivity contribution in [3.8, 4) is 0 Å². The molecule has 6 nitrogen and oxygen atoms in total. The number of non-ortho nitro benzene ring substituents is 1. The average Bonchev–Trinajstić information content (AvgIpc) is 2.26. The lowest BCUT2D eigenvalue weighted by atomic mass is 10.3. The van der Waals surface area contributed by atoms with Gasteiger partial charge in [0, 0.05) is 17.1 Å². The van der Waals surface area contributed by atoms with Crippen LogP contribution in [0.2, 0.25) is 0 Å². The second-order valence-electron chi connectivity index (χ2n) is 3.21. The minimum atomic E-state index is -4.07. The first-order chi connectivity index (χ1) is 8.24. The van der Waals surface area contributed by atoms with E-state index in [4.69, 9.17) is 0 Å². The predicted octanol–water partition coefficient (Wildman–Crippen LogP) is 1.92. The highest BCUT2D eigenvalue weighted by Gasteiger charge is 2.21. The fourth-order valence-electron chi connectivity index (χ4n) is 1.07. The predicted molar refractivity (Wildman–Crippen MR) is 66.3 cm³/mol. The van der Waals surface area contributed by atoms with Gasteiger partial charge in [0.05, 0.1) is 11.0 Å². The van der Waals surface area contributed by atoms with Crippen molar-refractivity contribution in [2.45, 2.75) is 4.90 Å². The van der Waals surface area contributed by atoms with Crippen molar-refractivity contribution in [2.75, 3.05) is 6.54 Å². The highest BCUT2D eigenvalue weighted by Crippen LogP contribution is 2.20. The second kappa shape index (κ2) is 5.55. The molecule has 1 aromatic rings. The fraction of sp³-hybridized carbons (Fsp3) is 0.111. The van der Waals surface area contributed by atoms with Crippen LogP contribution in [0.3, 0.4) is 0 Å². The minimum Gasteiger partial charge on any atom is -0.258 e. The lowest BCUT2D eigenvalue weighted by molar-refractivity contribution is -0.385. The molecule has 0 spiro atoms. The van der Waals surface area contributed by atoms with E-state index in [9.17, 15) is 22.9 Å². The van der Waals surface area contributed by atoms with Gasteiger partial charge in [-0.2, -0.15) is 0 Å². The topological polar surface area (TPSA) is 89.3 Å². The zero-order valence-corrected chi connectivity index (χ0v) is 11.3. The van der Waals surface area contributed by atoms with Crippen LogP contribution in [0.1, 0.15) is 0 Å². The van der Waals surface area contributed by atoms with Crippen molar-refractivity contribution < 1.29 is 17.7 Å². The van der Waals surface area contributed by atoms with E-state index in [1.165, 1.54) is 0 Å². The summed E-state index contributed by atoms with van der Waals surface area (Å²) in [7, 11) is -4.07. The van der Waals surface area contributed by atoms with Gasteiger partial charge < -0.3 is 0 Å². The number of nitrogens with one attached hydrogen (secondary N) is 1. The largest absolute Gasteiger partial charge is 0.272 e. The molecule has 0 heterocycles. The van der Waals surface area contributed by atoms with Gasteiger partial charge in [0.2, 0.25) is 10.0 Å². The summed E-state index contributed by atoms with van der Waals surface area (Å²) in [5.74, 6) is -1.18. The maximum absolute atomic E-state index is 13.5. The second-order valence-corrected chi connectivity index (χ2v) is 6.07. The number of nitro groups is 1. The Morgan fingerprint density at radius 2 is 2.17 bits per heavy atom. The molecule has 0 saturated heterocycles. The zero-order valence-electron chi connectivity index (χ0n) is 8.89. The molecule has 9 heteroatoms. The smallest absolute Gasteiger partial charge is 0.258 e. The van der Waals surface area contributed by atoms with E-state index in [-0.39, 0.29) is 6.54 Å². The van der Waals surface area contributed by atoms with E-state index in [1.807, 2.05) is 0 Å². The van der Waals surface area contributed by atoms with Crippen LogP contribution >= 0.6 is 15.9 Å². The molecular weight excluding hydrogens is 331 g/mol. The van der Waals surface area contributed by atoms with Gasteiger partial charge in [-0.1, -0.05) is 22.5 Å². The number of hydrogen-bond acceptors (Lipinski definition) is 4. The molecule has 1 rings (SSSR count). The maximum atomic E-state index is 13.5. The summed E-state index contributed by atoms with van der Waals surface area (Å²) in [5, 5.41) is 10.4. The third-order valence-corrected chi connectivity index (χ3v) is 3.58. The number of nitrogens with zero attached hydrogens (tertiary/aromatic N) is 1. The number of nitro benzene ring substituents is 1. The Balaban J connectivity index is 3.10. The van der Waals surface area contributed by atoms with Crippen molar-refractivity contribution in [1.29, 1.82) is 0 Å². The molecule has 0 bridgehead atoms. The standard InChI is InChI=1S/C9H8BrFN2O4S/c1-6(10)5-12-18(16,17)9-3-2-7(13(14)15)4-8(9)11/h2-4,12H,1,5H2. The van der Waals surface area contributed by atoms with E-state index >= 15 is 0 Å². The number of rotatable bonds is 5. The van der Waals surface area contributed by atoms with Gasteiger partial charge in [-0.25, -0.2) is 17.5 Å². The van der Waals surface area contributed by atoms with E-state index in [0.29, 0.717) is 10.5 Å². The maximum Gasteiger partial charge on any atom is 0.272 e. The van der Waals surface area contributed by atoms with Crippen LogP contribution < -0.4 is 4.72 Å². The summed E-state index contributed by atoms with van der Waals surface area (Å²) >= 11 is 2.94. The first-order valence-corrected chi connectivity index (χ1v) is 6.78. The Labute approximate surface area is 111 Å². The van der Waals surface area contributed by atoms with Gasteiger partial charge >= 0.3 is 0 Å². The summed E-state index contributed by atoms with van der Waals surface area (Å²) in [6.45, 7) is 3.31. The SMILES string of the molecule is C=C(Br)CNS(=O)(=O)c1ccc([N+](=O)[O-])cc1F. The molecule has 18 heavy (non-hydrogen) atoms. The van der Waals surface area contributed by atoms with Crippen LogP contribution in [0.5, 0.6) is 0 Å². The molecule has 0 radical (unpaired) electrons. The van der Waals surface area contributed by atoms with Gasteiger partial charge in [-0.05, 0) is 6.07 Å². The zero-order chi connectivity index (χ0) is 13.9.